The van der Waals surface area contributed by atoms with E-state index in [0.29, 0.717) is 0 Å². The Hall–Kier alpha value is -1.02. The first-order chi connectivity index (χ1) is 13.3. The molecule has 2 unspecified atom stereocenters. The lowest BCUT2D eigenvalue weighted by molar-refractivity contribution is -0.388. The van der Waals surface area contributed by atoms with Crippen LogP contribution in [0.3, 0.4) is 0 Å². The van der Waals surface area contributed by atoms with Gasteiger partial charge < -0.3 is 47.4 Å². The topological polar surface area (TPSA) is 163 Å². The third-order valence-corrected chi connectivity index (χ3v) is 7.82. The SMILES string of the molecule is O=[N+]([O-])c1ccccc1C1OC[C@@H](O)[C@@H]([C@H](O)C[S+]2C[C@@H](O)[C@H](O)[C@H]2CO)O1.[Cl-]. The highest BCUT2D eigenvalue weighted by Crippen LogP contribution is 2.34. The Morgan fingerprint density at radius 3 is 2.59 bits per heavy atom. The molecule has 12 heteroatoms. The molecule has 0 aliphatic carbocycles. The minimum absolute atomic E-state index is 0. The molecular weight excluding hydrogens is 430 g/mol. The fourth-order valence-electron chi connectivity index (χ4n) is 3.52. The molecule has 5 N–H and O–H groups in total. The normalized spacial score (nSPS) is 35.7. The fraction of sp³-hybridized carbons (Fsp3) is 0.647. The van der Waals surface area contributed by atoms with Gasteiger partial charge in [0, 0.05) is 17.0 Å². The predicted octanol–water partition coefficient (Wildman–Crippen LogP) is -4.55. The Kier molecular flexibility index (Phi) is 8.64. The van der Waals surface area contributed by atoms with Crippen molar-refractivity contribution in [3.63, 3.8) is 0 Å². The van der Waals surface area contributed by atoms with Gasteiger partial charge in [-0.25, -0.2) is 0 Å². The van der Waals surface area contributed by atoms with Crippen molar-refractivity contribution in [1.29, 1.82) is 0 Å². The summed E-state index contributed by atoms with van der Waals surface area (Å²) < 4.78 is 11.0. The van der Waals surface area contributed by atoms with Crippen LogP contribution in [0.5, 0.6) is 0 Å². The number of nitro benzene ring substituents is 1. The van der Waals surface area contributed by atoms with Gasteiger partial charge in [-0.3, -0.25) is 10.1 Å². The zero-order valence-electron chi connectivity index (χ0n) is 15.3. The lowest BCUT2D eigenvalue weighted by Gasteiger charge is -2.36. The Balaban J connectivity index is 0.00000300. The van der Waals surface area contributed by atoms with Crippen molar-refractivity contribution in [2.24, 2.45) is 0 Å². The van der Waals surface area contributed by atoms with E-state index in [-0.39, 0.29) is 48.4 Å². The second kappa shape index (κ2) is 10.3. The number of nitrogens with zero attached hydrogens (tertiary/aromatic N) is 1. The van der Waals surface area contributed by atoms with E-state index in [4.69, 9.17) is 9.47 Å². The van der Waals surface area contributed by atoms with Crippen molar-refractivity contribution in [1.82, 2.24) is 0 Å². The van der Waals surface area contributed by atoms with Crippen LogP contribution < -0.4 is 12.4 Å². The number of halogens is 1. The van der Waals surface area contributed by atoms with Crippen LogP contribution >= 0.6 is 0 Å². The molecule has 2 aliphatic rings. The van der Waals surface area contributed by atoms with Crippen LogP contribution in [-0.2, 0) is 20.4 Å². The van der Waals surface area contributed by atoms with Crippen LogP contribution in [0.15, 0.2) is 24.3 Å². The molecule has 0 radical (unpaired) electrons. The van der Waals surface area contributed by atoms with Gasteiger partial charge in [0.2, 0.25) is 0 Å². The number of hydrogen-bond donors (Lipinski definition) is 5. The first-order valence-corrected chi connectivity index (χ1v) is 10.5. The summed E-state index contributed by atoms with van der Waals surface area (Å²) in [5.74, 6) is 0.334. The molecule has 0 bridgehead atoms. The molecule has 2 heterocycles. The van der Waals surface area contributed by atoms with Gasteiger partial charge in [-0.15, -0.1) is 0 Å². The largest absolute Gasteiger partial charge is 1.00 e. The second-order valence-electron chi connectivity index (χ2n) is 6.87. The first-order valence-electron chi connectivity index (χ1n) is 8.83. The molecule has 3 rings (SSSR count). The number of aliphatic hydroxyl groups excluding tert-OH is 5. The van der Waals surface area contributed by atoms with Crippen LogP contribution in [0.4, 0.5) is 5.69 Å². The maximum absolute atomic E-state index is 11.2. The molecule has 164 valence electrons. The van der Waals surface area contributed by atoms with Gasteiger partial charge in [-0.1, -0.05) is 12.1 Å². The zero-order chi connectivity index (χ0) is 20.4. The second-order valence-corrected chi connectivity index (χ2v) is 9.21. The first kappa shape index (κ1) is 24.3. The third-order valence-electron chi connectivity index (χ3n) is 5.00. The smallest absolute Gasteiger partial charge is 0.277 e. The molecule has 2 saturated heterocycles. The number of ether oxygens (including phenoxy) is 2. The van der Waals surface area contributed by atoms with E-state index >= 15 is 0 Å². The molecule has 0 aromatic heterocycles. The maximum Gasteiger partial charge on any atom is 0.277 e. The molecule has 0 amide bonds. The van der Waals surface area contributed by atoms with Gasteiger partial charge in [0.15, 0.2) is 11.5 Å². The molecule has 29 heavy (non-hydrogen) atoms. The van der Waals surface area contributed by atoms with E-state index in [1.807, 2.05) is 0 Å². The molecule has 1 aromatic carbocycles. The van der Waals surface area contributed by atoms with Crippen molar-refractivity contribution in [3.8, 4) is 0 Å². The van der Waals surface area contributed by atoms with E-state index in [1.165, 1.54) is 18.2 Å². The lowest BCUT2D eigenvalue weighted by atomic mass is 10.1. The summed E-state index contributed by atoms with van der Waals surface area (Å²) in [7, 11) is -0.680. The molecule has 8 atom stereocenters. The average Bonchev–Trinajstić information content (AvgIpc) is 2.94. The van der Waals surface area contributed by atoms with E-state index in [2.05, 4.69) is 0 Å². The van der Waals surface area contributed by atoms with Crippen molar-refractivity contribution >= 4 is 16.6 Å². The van der Waals surface area contributed by atoms with Crippen LogP contribution in [0, 0.1) is 10.1 Å². The Morgan fingerprint density at radius 1 is 1.24 bits per heavy atom. The van der Waals surface area contributed by atoms with Gasteiger partial charge in [-0.2, -0.15) is 0 Å². The number of nitro groups is 1. The standard InChI is InChI=1S/C17H24NO9S.ClH/c19-5-14-15(23)12(21)7-28(14)8-13(22)16-11(20)6-26-17(27-16)9-3-1-2-4-10(9)18(24)25;/h1-4,11-17,19-23H,5-8H2;1H/q+1;/p-1/t11-,12-,13-,14-,15+,16+,17?,28?;/m1./s1. The average molecular weight is 454 g/mol. The number of hydrogen-bond acceptors (Lipinski definition) is 9. The molecule has 10 nitrogen and oxygen atoms in total. The highest BCUT2D eigenvalue weighted by Gasteiger charge is 2.51. The zero-order valence-corrected chi connectivity index (χ0v) is 16.9. The quantitative estimate of drug-likeness (QED) is 0.162. The van der Waals surface area contributed by atoms with E-state index in [1.54, 1.807) is 6.07 Å². The molecular formula is C17H24ClNO9S. The van der Waals surface area contributed by atoms with Crippen LogP contribution in [0.2, 0.25) is 0 Å². The highest BCUT2D eigenvalue weighted by molar-refractivity contribution is 7.97. The van der Waals surface area contributed by atoms with Gasteiger partial charge in [0.25, 0.3) is 5.69 Å². The number of para-hydroxylation sites is 1. The fourth-order valence-corrected chi connectivity index (χ4v) is 6.20. The predicted molar refractivity (Wildman–Crippen MR) is 98.7 cm³/mol. The van der Waals surface area contributed by atoms with Crippen molar-refractivity contribution in [2.75, 3.05) is 24.7 Å². The Bertz CT molecular complexity index is 699. The van der Waals surface area contributed by atoms with Crippen molar-refractivity contribution < 1.29 is 52.3 Å². The lowest BCUT2D eigenvalue weighted by Crippen LogP contribution is -3.00. The molecule has 1 aromatic rings. The summed E-state index contributed by atoms with van der Waals surface area (Å²) in [6, 6.07) is 5.91. The van der Waals surface area contributed by atoms with Gasteiger partial charge >= 0.3 is 0 Å². The van der Waals surface area contributed by atoms with E-state index in [9.17, 15) is 35.6 Å². The van der Waals surface area contributed by atoms with Crippen molar-refractivity contribution in [2.45, 2.75) is 42.1 Å². The molecule has 0 saturated carbocycles. The van der Waals surface area contributed by atoms with Gasteiger partial charge in [-0.05, 0) is 6.07 Å². The Labute approximate surface area is 176 Å². The van der Waals surface area contributed by atoms with Crippen LogP contribution in [0.1, 0.15) is 11.9 Å². The summed E-state index contributed by atoms with van der Waals surface area (Å²) in [4.78, 5) is 10.7. The summed E-state index contributed by atoms with van der Waals surface area (Å²) in [5, 5.41) is 60.7. The monoisotopic (exact) mass is 453 g/mol. The molecule has 2 aliphatic heterocycles. The summed E-state index contributed by atoms with van der Waals surface area (Å²) in [6.45, 7) is -0.509. The number of rotatable bonds is 6. The highest BCUT2D eigenvalue weighted by atomic mass is 35.5. The van der Waals surface area contributed by atoms with E-state index < -0.39 is 57.9 Å². The van der Waals surface area contributed by atoms with Crippen molar-refractivity contribution in [3.05, 3.63) is 39.9 Å². The summed E-state index contributed by atoms with van der Waals surface area (Å²) in [5.41, 5.74) is -0.0135. The summed E-state index contributed by atoms with van der Waals surface area (Å²) in [6.07, 6.45) is -6.56. The van der Waals surface area contributed by atoms with E-state index in [0.717, 1.165) is 0 Å². The van der Waals surface area contributed by atoms with Gasteiger partial charge in [0.05, 0.1) is 23.7 Å². The number of aliphatic hydroxyl groups is 5. The third kappa shape index (κ3) is 5.19. The molecule has 2 fully saturated rings. The summed E-state index contributed by atoms with van der Waals surface area (Å²) >= 11 is 0. The molecule has 0 spiro atoms. The van der Waals surface area contributed by atoms with Crippen LogP contribution in [-0.4, -0.2) is 90.9 Å². The van der Waals surface area contributed by atoms with Crippen LogP contribution in [0.25, 0.3) is 0 Å². The number of benzene rings is 1. The van der Waals surface area contributed by atoms with Gasteiger partial charge in [0.1, 0.15) is 42.0 Å². The minimum atomic E-state index is -1.17. The minimum Gasteiger partial charge on any atom is -1.00 e. The Morgan fingerprint density at radius 2 is 1.93 bits per heavy atom. The maximum atomic E-state index is 11.2.